The molecule has 1 aromatic heterocycles. The van der Waals surface area contributed by atoms with Gasteiger partial charge in [-0.3, -0.25) is 14.4 Å². The average molecular weight is 457 g/mol. The lowest BCUT2D eigenvalue weighted by molar-refractivity contribution is -0.116. The molecule has 7 nitrogen and oxygen atoms in total. The summed E-state index contributed by atoms with van der Waals surface area (Å²) in [6.45, 7) is 7.89. The van der Waals surface area contributed by atoms with Crippen LogP contribution in [0.15, 0.2) is 59.4 Å². The predicted molar refractivity (Wildman–Crippen MR) is 132 cm³/mol. The third-order valence-electron chi connectivity index (χ3n) is 5.65. The van der Waals surface area contributed by atoms with E-state index in [1.807, 2.05) is 18.2 Å². The van der Waals surface area contributed by atoms with E-state index >= 15 is 0 Å². The summed E-state index contributed by atoms with van der Waals surface area (Å²) < 4.78 is 1.27. The van der Waals surface area contributed by atoms with Crippen LogP contribution in [0.5, 0.6) is 0 Å². The Balaban J connectivity index is 1.59. The zero-order valence-electron chi connectivity index (χ0n) is 19.8. The molecule has 0 radical (unpaired) electrons. The van der Waals surface area contributed by atoms with Crippen molar-refractivity contribution in [2.45, 2.75) is 46.7 Å². The van der Waals surface area contributed by atoms with E-state index in [0.717, 1.165) is 5.56 Å². The largest absolute Gasteiger partial charge is 0.348 e. The van der Waals surface area contributed by atoms with Gasteiger partial charge in [0.1, 0.15) is 18.2 Å². The van der Waals surface area contributed by atoms with Gasteiger partial charge in [0.25, 0.3) is 11.5 Å². The molecule has 2 amide bonds. The van der Waals surface area contributed by atoms with Gasteiger partial charge in [0.15, 0.2) is 0 Å². The average Bonchev–Trinajstić information content (AvgIpc) is 2.81. The van der Waals surface area contributed by atoms with Gasteiger partial charge in [0, 0.05) is 23.5 Å². The van der Waals surface area contributed by atoms with E-state index < -0.39 is 11.5 Å². The molecule has 0 saturated heterocycles. The molecule has 3 aromatic rings. The Kier molecular flexibility index (Phi) is 7.64. The number of carbonyl (C=O) groups excluding carboxylic acids is 2. The van der Waals surface area contributed by atoms with E-state index in [4.69, 9.17) is 0 Å². The number of benzene rings is 2. The zero-order valence-corrected chi connectivity index (χ0v) is 19.8. The van der Waals surface area contributed by atoms with Crippen LogP contribution in [0, 0.1) is 25.2 Å². The van der Waals surface area contributed by atoms with Gasteiger partial charge in [-0.05, 0) is 66.8 Å². The van der Waals surface area contributed by atoms with Crippen LogP contribution in [-0.2, 0) is 17.9 Å². The Hall–Kier alpha value is -4.18. The number of nitriles is 1. The van der Waals surface area contributed by atoms with E-state index in [2.05, 4.69) is 36.6 Å². The highest BCUT2D eigenvalue weighted by Crippen LogP contribution is 2.15. The zero-order chi connectivity index (χ0) is 24.8. The van der Waals surface area contributed by atoms with Crippen LogP contribution in [0.1, 0.15) is 58.1 Å². The maximum atomic E-state index is 12.5. The number of aryl methyl sites for hydroxylation is 2. The molecule has 0 bridgehead atoms. The highest BCUT2D eigenvalue weighted by atomic mass is 16.2. The van der Waals surface area contributed by atoms with Gasteiger partial charge in [0.05, 0.1) is 0 Å². The molecule has 7 heteroatoms. The molecule has 0 fully saturated rings. The highest BCUT2D eigenvalue weighted by molar-refractivity contribution is 5.95. The van der Waals surface area contributed by atoms with Crippen molar-refractivity contribution in [3.63, 3.8) is 0 Å². The van der Waals surface area contributed by atoms with Crippen molar-refractivity contribution in [2.24, 2.45) is 0 Å². The molecule has 0 aliphatic rings. The number of carbonyl (C=O) groups is 2. The van der Waals surface area contributed by atoms with E-state index in [1.165, 1.54) is 10.1 Å². The molecule has 0 aliphatic heterocycles. The number of anilines is 1. The lowest BCUT2D eigenvalue weighted by Crippen LogP contribution is -2.31. The SMILES string of the molecule is Cc1cc(C)n(CC(=O)Nc2ccc(C(=O)NCc3ccc(C(C)C)cc3)cc2)c(=O)c1C#N. The third-order valence-corrected chi connectivity index (χ3v) is 5.65. The van der Waals surface area contributed by atoms with E-state index in [-0.39, 0.29) is 18.0 Å². The molecule has 1 heterocycles. The van der Waals surface area contributed by atoms with Gasteiger partial charge in [-0.25, -0.2) is 0 Å². The smallest absolute Gasteiger partial charge is 0.269 e. The molecule has 2 N–H and O–H groups in total. The fourth-order valence-electron chi connectivity index (χ4n) is 3.61. The van der Waals surface area contributed by atoms with Gasteiger partial charge in [0.2, 0.25) is 5.91 Å². The fraction of sp³-hybridized carbons (Fsp3) is 0.259. The van der Waals surface area contributed by atoms with Crippen LogP contribution in [0.2, 0.25) is 0 Å². The van der Waals surface area contributed by atoms with Crippen LogP contribution >= 0.6 is 0 Å². The highest BCUT2D eigenvalue weighted by Gasteiger charge is 2.13. The standard InChI is InChI=1S/C27H28N4O3/c1-17(2)21-7-5-20(6-8-21)15-29-26(33)22-9-11-23(12-10-22)30-25(32)16-31-19(4)13-18(3)24(14-28)27(31)34/h5-13,17H,15-16H2,1-4H3,(H,29,33)(H,30,32). The monoisotopic (exact) mass is 456 g/mol. The van der Waals surface area contributed by atoms with Crippen molar-refractivity contribution < 1.29 is 9.59 Å². The minimum Gasteiger partial charge on any atom is -0.348 e. The van der Waals surface area contributed by atoms with E-state index in [9.17, 15) is 19.6 Å². The Labute approximate surface area is 199 Å². The minimum absolute atomic E-state index is 0.0321. The lowest BCUT2D eigenvalue weighted by atomic mass is 10.0. The molecule has 0 saturated carbocycles. The number of hydrogen-bond acceptors (Lipinski definition) is 4. The van der Waals surface area contributed by atoms with E-state index in [1.54, 1.807) is 44.2 Å². The maximum Gasteiger partial charge on any atom is 0.269 e. The summed E-state index contributed by atoms with van der Waals surface area (Å²) in [7, 11) is 0. The van der Waals surface area contributed by atoms with Gasteiger partial charge in [-0.1, -0.05) is 38.1 Å². The van der Waals surface area contributed by atoms with Crippen molar-refractivity contribution in [3.8, 4) is 6.07 Å². The third kappa shape index (κ3) is 5.78. The molecule has 0 unspecified atom stereocenters. The number of nitrogens with one attached hydrogen (secondary N) is 2. The fourth-order valence-corrected chi connectivity index (χ4v) is 3.61. The minimum atomic E-state index is -0.485. The number of aromatic nitrogens is 1. The Morgan fingerprint density at radius 1 is 1.03 bits per heavy atom. The number of pyridine rings is 1. The predicted octanol–water partition coefficient (Wildman–Crippen LogP) is 4.03. The van der Waals surface area contributed by atoms with Crippen LogP contribution < -0.4 is 16.2 Å². The van der Waals surface area contributed by atoms with E-state index in [0.29, 0.717) is 35.0 Å². The maximum absolute atomic E-state index is 12.5. The molecule has 2 aromatic carbocycles. The first-order valence-corrected chi connectivity index (χ1v) is 11.1. The van der Waals surface area contributed by atoms with Crippen LogP contribution in [0.3, 0.4) is 0 Å². The molecule has 0 aliphatic carbocycles. The van der Waals surface area contributed by atoms with Crippen LogP contribution in [0.25, 0.3) is 0 Å². The molecule has 174 valence electrons. The molecule has 0 spiro atoms. The first-order valence-electron chi connectivity index (χ1n) is 11.1. The molecule has 34 heavy (non-hydrogen) atoms. The molecule has 0 atom stereocenters. The number of rotatable bonds is 7. The number of amides is 2. The van der Waals surface area contributed by atoms with Crippen molar-refractivity contribution >= 4 is 17.5 Å². The first-order chi connectivity index (χ1) is 16.2. The van der Waals surface area contributed by atoms with Gasteiger partial charge in [-0.15, -0.1) is 0 Å². The quantitative estimate of drug-likeness (QED) is 0.560. The first kappa shape index (κ1) is 24.5. The summed E-state index contributed by atoms with van der Waals surface area (Å²) >= 11 is 0. The summed E-state index contributed by atoms with van der Waals surface area (Å²) in [6, 6.07) is 18.3. The van der Waals surface area contributed by atoms with Crippen molar-refractivity contribution in [1.29, 1.82) is 5.26 Å². The van der Waals surface area contributed by atoms with Crippen LogP contribution in [0.4, 0.5) is 5.69 Å². The van der Waals surface area contributed by atoms with Gasteiger partial charge < -0.3 is 15.2 Å². The summed E-state index contributed by atoms with van der Waals surface area (Å²) in [4.78, 5) is 37.4. The second kappa shape index (κ2) is 10.6. The number of hydrogen-bond donors (Lipinski definition) is 2. The number of nitrogens with zero attached hydrogens (tertiary/aromatic N) is 2. The van der Waals surface area contributed by atoms with Gasteiger partial charge >= 0.3 is 0 Å². The Bertz CT molecular complexity index is 1300. The second-order valence-electron chi connectivity index (χ2n) is 8.55. The van der Waals surface area contributed by atoms with Crippen LogP contribution in [-0.4, -0.2) is 16.4 Å². The second-order valence-corrected chi connectivity index (χ2v) is 8.55. The Morgan fingerprint density at radius 2 is 1.68 bits per heavy atom. The topological polar surface area (TPSA) is 104 Å². The summed E-state index contributed by atoms with van der Waals surface area (Å²) in [6.07, 6.45) is 0. The lowest BCUT2D eigenvalue weighted by Gasteiger charge is -2.12. The molecular weight excluding hydrogens is 428 g/mol. The normalized spacial score (nSPS) is 10.6. The van der Waals surface area contributed by atoms with Crippen molar-refractivity contribution in [1.82, 2.24) is 9.88 Å². The Morgan fingerprint density at radius 3 is 2.26 bits per heavy atom. The summed E-state index contributed by atoms with van der Waals surface area (Å²) in [5.41, 5.74) is 3.98. The van der Waals surface area contributed by atoms with Gasteiger partial charge in [-0.2, -0.15) is 5.26 Å². The van der Waals surface area contributed by atoms with Crippen molar-refractivity contribution in [3.05, 3.63) is 98.5 Å². The summed E-state index contributed by atoms with van der Waals surface area (Å²) in [5.74, 6) is -0.156. The molecular formula is C27H28N4O3. The molecule has 3 rings (SSSR count). The van der Waals surface area contributed by atoms with Crippen molar-refractivity contribution in [2.75, 3.05) is 5.32 Å². The summed E-state index contributed by atoms with van der Waals surface area (Å²) in [5, 5.41) is 14.8.